The van der Waals surface area contributed by atoms with Crippen molar-refractivity contribution in [1.29, 1.82) is 0 Å². The van der Waals surface area contributed by atoms with E-state index in [0.717, 1.165) is 11.4 Å². The van der Waals surface area contributed by atoms with E-state index in [-0.39, 0.29) is 23.8 Å². The summed E-state index contributed by atoms with van der Waals surface area (Å²) >= 11 is 2.62. The monoisotopic (exact) mass is 463 g/mol. The van der Waals surface area contributed by atoms with Crippen molar-refractivity contribution in [1.82, 2.24) is 30.3 Å². The number of nitrogens with one attached hydrogen (secondary N) is 2. The molecule has 3 aromatic rings. The molecule has 0 bridgehead atoms. The summed E-state index contributed by atoms with van der Waals surface area (Å²) in [7, 11) is 0. The van der Waals surface area contributed by atoms with Gasteiger partial charge in [0.15, 0.2) is 5.16 Å². The first-order chi connectivity index (χ1) is 15.0. The minimum Gasteiger partial charge on any atom is -0.351 e. The lowest BCUT2D eigenvalue weighted by atomic mass is 10.2. The predicted molar refractivity (Wildman–Crippen MR) is 117 cm³/mol. The minimum absolute atomic E-state index is 0.00297. The van der Waals surface area contributed by atoms with Crippen LogP contribution in [0.2, 0.25) is 0 Å². The Kier molecular flexibility index (Phi) is 8.06. The fraction of sp³-hybridized carbons (Fsp3) is 0.368. The van der Waals surface area contributed by atoms with Crippen LogP contribution in [0.3, 0.4) is 0 Å². The van der Waals surface area contributed by atoms with Crippen molar-refractivity contribution in [2.75, 3.05) is 17.6 Å². The third-order valence-electron chi connectivity index (χ3n) is 4.21. The number of hydrogen-bond donors (Lipinski definition) is 2. The number of benzene rings is 1. The van der Waals surface area contributed by atoms with Crippen molar-refractivity contribution < 1.29 is 14.0 Å². The van der Waals surface area contributed by atoms with Crippen molar-refractivity contribution in [3.63, 3.8) is 0 Å². The zero-order valence-electron chi connectivity index (χ0n) is 17.1. The lowest BCUT2D eigenvalue weighted by Crippen LogP contribution is -2.27. The minimum atomic E-state index is -0.562. The largest absolute Gasteiger partial charge is 0.351 e. The number of carbonyl (C=O) groups is 2. The summed E-state index contributed by atoms with van der Waals surface area (Å²) in [4.78, 5) is 24.3. The van der Waals surface area contributed by atoms with E-state index in [1.165, 1.54) is 41.3 Å². The van der Waals surface area contributed by atoms with Crippen molar-refractivity contribution in [3.05, 3.63) is 46.5 Å². The molecule has 0 saturated carbocycles. The Bertz CT molecular complexity index is 1050. The standard InChI is InChI=1S/C19H22FN7O2S2/c1-3-16-24-25-18(31-16)22-15(28)11-30-19-26-23-14(27(19)4-2)9-10-21-17(29)12-7-5-6-8-13(12)20/h5-8H,3-4,9-11H2,1-2H3,(H,21,29)(H,22,25,28). The molecular formula is C19H22FN7O2S2. The quantitative estimate of drug-likeness (QED) is 0.444. The second-order valence-corrected chi connectivity index (χ2v) is 8.32. The molecule has 2 N–H and O–H groups in total. The van der Waals surface area contributed by atoms with Crippen LogP contribution in [0.15, 0.2) is 29.4 Å². The van der Waals surface area contributed by atoms with E-state index in [4.69, 9.17) is 0 Å². The van der Waals surface area contributed by atoms with E-state index in [1.54, 1.807) is 6.07 Å². The topological polar surface area (TPSA) is 115 Å². The van der Waals surface area contributed by atoms with Gasteiger partial charge in [0.1, 0.15) is 16.6 Å². The average molecular weight is 464 g/mol. The summed E-state index contributed by atoms with van der Waals surface area (Å²) in [5.41, 5.74) is 0.00297. The number of rotatable bonds is 10. The normalized spacial score (nSPS) is 10.8. The highest BCUT2D eigenvalue weighted by molar-refractivity contribution is 7.99. The molecule has 0 fully saturated rings. The van der Waals surface area contributed by atoms with Gasteiger partial charge in [-0.15, -0.1) is 20.4 Å². The Balaban J connectivity index is 1.51. The van der Waals surface area contributed by atoms with Gasteiger partial charge >= 0.3 is 0 Å². The average Bonchev–Trinajstić information content (AvgIpc) is 3.38. The first kappa shape index (κ1) is 22.8. The molecule has 0 unspecified atom stereocenters. The van der Waals surface area contributed by atoms with Crippen molar-refractivity contribution in [3.8, 4) is 0 Å². The smallest absolute Gasteiger partial charge is 0.254 e. The fourth-order valence-corrected chi connectivity index (χ4v) is 4.21. The molecule has 31 heavy (non-hydrogen) atoms. The molecule has 0 radical (unpaired) electrons. The molecule has 0 saturated heterocycles. The summed E-state index contributed by atoms with van der Waals surface area (Å²) < 4.78 is 15.6. The zero-order chi connectivity index (χ0) is 22.2. The Hall–Kier alpha value is -2.86. The predicted octanol–water partition coefficient (Wildman–Crippen LogP) is 2.55. The highest BCUT2D eigenvalue weighted by Gasteiger charge is 2.15. The van der Waals surface area contributed by atoms with Crippen LogP contribution < -0.4 is 10.6 Å². The molecule has 2 aromatic heterocycles. The summed E-state index contributed by atoms with van der Waals surface area (Å²) in [5, 5.41) is 23.6. The number of amides is 2. The van der Waals surface area contributed by atoms with Crippen molar-refractivity contribution in [2.45, 2.75) is 38.4 Å². The molecule has 0 spiro atoms. The van der Waals surface area contributed by atoms with Crippen LogP contribution in [0, 0.1) is 5.82 Å². The Labute approximate surface area is 186 Å². The molecule has 12 heteroatoms. The van der Waals surface area contributed by atoms with Crippen molar-refractivity contribution in [2.24, 2.45) is 0 Å². The highest BCUT2D eigenvalue weighted by Crippen LogP contribution is 2.19. The van der Waals surface area contributed by atoms with E-state index in [1.807, 2.05) is 18.4 Å². The molecule has 9 nitrogen and oxygen atoms in total. The lowest BCUT2D eigenvalue weighted by Gasteiger charge is -2.08. The van der Waals surface area contributed by atoms with E-state index in [9.17, 15) is 14.0 Å². The summed E-state index contributed by atoms with van der Waals surface area (Å²) in [5.74, 6) is -0.407. The number of halogens is 1. The second kappa shape index (κ2) is 11.0. The molecule has 0 aliphatic rings. The van der Waals surface area contributed by atoms with E-state index < -0.39 is 11.7 Å². The van der Waals surface area contributed by atoms with Crippen LogP contribution in [-0.4, -0.2) is 49.1 Å². The maximum absolute atomic E-state index is 13.7. The Morgan fingerprint density at radius 2 is 1.97 bits per heavy atom. The van der Waals surface area contributed by atoms with Gasteiger partial charge in [-0.3, -0.25) is 14.9 Å². The Morgan fingerprint density at radius 3 is 2.68 bits per heavy atom. The van der Waals surface area contributed by atoms with Gasteiger partial charge in [-0.25, -0.2) is 4.39 Å². The number of aryl methyl sites for hydroxylation is 1. The van der Waals surface area contributed by atoms with Crippen LogP contribution in [-0.2, 0) is 24.2 Å². The summed E-state index contributed by atoms with van der Waals surface area (Å²) in [6, 6.07) is 5.82. The lowest BCUT2D eigenvalue weighted by molar-refractivity contribution is -0.113. The third-order valence-corrected chi connectivity index (χ3v) is 6.16. The van der Waals surface area contributed by atoms with Crippen LogP contribution in [0.5, 0.6) is 0 Å². The molecule has 164 valence electrons. The highest BCUT2D eigenvalue weighted by atomic mass is 32.2. The van der Waals surface area contributed by atoms with Crippen molar-refractivity contribution >= 4 is 40.0 Å². The number of aromatic nitrogens is 5. The van der Waals surface area contributed by atoms with E-state index in [0.29, 0.717) is 29.1 Å². The van der Waals surface area contributed by atoms with Gasteiger partial charge in [0, 0.05) is 19.5 Å². The molecule has 2 amide bonds. The van der Waals surface area contributed by atoms with Crippen LogP contribution in [0.1, 0.15) is 35.0 Å². The van der Waals surface area contributed by atoms with Gasteiger partial charge in [-0.05, 0) is 25.5 Å². The molecule has 0 atom stereocenters. The van der Waals surface area contributed by atoms with Crippen LogP contribution in [0.4, 0.5) is 9.52 Å². The molecule has 1 aromatic carbocycles. The maximum atomic E-state index is 13.7. The van der Waals surface area contributed by atoms with Gasteiger partial charge in [-0.1, -0.05) is 42.2 Å². The number of anilines is 1. The zero-order valence-corrected chi connectivity index (χ0v) is 18.7. The molecule has 0 aliphatic heterocycles. The number of hydrogen-bond acceptors (Lipinski definition) is 8. The first-order valence-electron chi connectivity index (χ1n) is 9.71. The first-order valence-corrected chi connectivity index (χ1v) is 11.5. The van der Waals surface area contributed by atoms with Crippen LogP contribution >= 0.6 is 23.1 Å². The van der Waals surface area contributed by atoms with Gasteiger partial charge in [0.05, 0.1) is 11.3 Å². The fourth-order valence-electron chi connectivity index (χ4n) is 2.69. The number of thioether (sulfide) groups is 1. The van der Waals surface area contributed by atoms with Gasteiger partial charge < -0.3 is 9.88 Å². The SMILES string of the molecule is CCc1nnc(NC(=O)CSc2nnc(CCNC(=O)c3ccccc3F)n2CC)s1. The molecule has 0 aliphatic carbocycles. The molecule has 2 heterocycles. The molecular weight excluding hydrogens is 441 g/mol. The summed E-state index contributed by atoms with van der Waals surface area (Å²) in [6.07, 6.45) is 1.20. The molecule has 3 rings (SSSR count). The summed E-state index contributed by atoms with van der Waals surface area (Å²) in [6.45, 7) is 4.82. The van der Waals surface area contributed by atoms with Crippen LogP contribution in [0.25, 0.3) is 0 Å². The van der Waals surface area contributed by atoms with Gasteiger partial charge in [0.2, 0.25) is 11.0 Å². The number of carbonyl (C=O) groups excluding carboxylic acids is 2. The van der Waals surface area contributed by atoms with E-state index in [2.05, 4.69) is 31.0 Å². The Morgan fingerprint density at radius 1 is 1.16 bits per heavy atom. The van der Waals surface area contributed by atoms with E-state index >= 15 is 0 Å². The van der Waals surface area contributed by atoms with Gasteiger partial charge in [0.25, 0.3) is 5.91 Å². The number of nitrogens with zero attached hydrogens (tertiary/aromatic N) is 5. The second-order valence-electron chi connectivity index (χ2n) is 6.32. The van der Waals surface area contributed by atoms with Gasteiger partial charge in [-0.2, -0.15) is 0 Å². The third kappa shape index (κ3) is 6.07. The maximum Gasteiger partial charge on any atom is 0.254 e.